The molecule has 1 atom stereocenters. The lowest BCUT2D eigenvalue weighted by atomic mass is 10.2. The van der Waals surface area contributed by atoms with Crippen LogP contribution in [-0.4, -0.2) is 35.4 Å². The van der Waals surface area contributed by atoms with Gasteiger partial charge in [-0.2, -0.15) is 0 Å². The zero-order valence-electron chi connectivity index (χ0n) is 8.25. The molecular weight excluding hydrogens is 202 g/mol. The predicted octanol–water partition coefficient (Wildman–Crippen LogP) is 1.09. The Morgan fingerprint density at radius 1 is 1.79 bits per heavy atom. The molecule has 78 valence electrons. The van der Waals surface area contributed by atoms with E-state index in [0.29, 0.717) is 17.3 Å². The van der Waals surface area contributed by atoms with Crippen LogP contribution >= 0.6 is 11.6 Å². The van der Waals surface area contributed by atoms with Gasteiger partial charge in [-0.05, 0) is 13.0 Å². The minimum Gasteiger partial charge on any atom is -0.356 e. The lowest BCUT2D eigenvalue weighted by Crippen LogP contribution is -2.39. The highest BCUT2D eigenvalue weighted by Crippen LogP contribution is 2.11. The summed E-state index contributed by atoms with van der Waals surface area (Å²) >= 11 is 5.70. The number of nitrogens with two attached hydrogens (primary N) is 1. The molecule has 0 saturated carbocycles. The molecule has 14 heavy (non-hydrogen) atoms. The molecule has 0 aromatic carbocycles. The number of rotatable bonds is 3. The third-order valence-corrected chi connectivity index (χ3v) is 2.42. The minimum atomic E-state index is -0.102. The lowest BCUT2D eigenvalue weighted by molar-refractivity contribution is 0.0743. The Morgan fingerprint density at radius 3 is 2.86 bits per heavy atom. The molecule has 0 saturated heterocycles. The smallest absolute Gasteiger partial charge is 0.270 e. The van der Waals surface area contributed by atoms with Gasteiger partial charge in [0, 0.05) is 25.8 Å². The highest BCUT2D eigenvalue weighted by Gasteiger charge is 2.17. The second kappa shape index (κ2) is 4.48. The molecule has 1 amide bonds. The average Bonchev–Trinajstić information content (AvgIpc) is 2.61. The maximum absolute atomic E-state index is 11.7. The second-order valence-corrected chi connectivity index (χ2v) is 3.67. The van der Waals surface area contributed by atoms with E-state index in [1.165, 1.54) is 0 Å². The molecule has 0 fully saturated rings. The standard InChI is InChI=1S/C9H14ClN3O/c1-6(4-11)13(2)9(14)8-3-7(10)5-12-8/h3,5-6,12H,4,11H2,1-2H3. The fraction of sp³-hybridized carbons (Fsp3) is 0.444. The number of hydrogen-bond acceptors (Lipinski definition) is 2. The van der Waals surface area contributed by atoms with Crippen molar-refractivity contribution in [3.05, 3.63) is 23.0 Å². The van der Waals surface area contributed by atoms with E-state index >= 15 is 0 Å². The Balaban J connectivity index is 2.75. The first-order valence-electron chi connectivity index (χ1n) is 4.37. The number of halogens is 1. The first kappa shape index (κ1) is 11.1. The van der Waals surface area contributed by atoms with Gasteiger partial charge in [0.05, 0.1) is 5.02 Å². The van der Waals surface area contributed by atoms with Crippen LogP contribution in [-0.2, 0) is 0 Å². The Labute approximate surface area is 88.0 Å². The summed E-state index contributed by atoms with van der Waals surface area (Å²) in [6, 6.07) is 1.62. The molecule has 5 heteroatoms. The van der Waals surface area contributed by atoms with Gasteiger partial charge in [0.25, 0.3) is 5.91 Å². The molecule has 0 bridgehead atoms. The number of amides is 1. The predicted molar refractivity (Wildman–Crippen MR) is 56.4 cm³/mol. The number of H-pyrrole nitrogens is 1. The van der Waals surface area contributed by atoms with E-state index < -0.39 is 0 Å². The monoisotopic (exact) mass is 215 g/mol. The number of carbonyl (C=O) groups excluding carboxylic acids is 1. The van der Waals surface area contributed by atoms with Gasteiger partial charge in [-0.3, -0.25) is 4.79 Å². The summed E-state index contributed by atoms with van der Waals surface area (Å²) in [4.78, 5) is 16.1. The fourth-order valence-corrected chi connectivity index (χ4v) is 1.20. The van der Waals surface area contributed by atoms with Crippen molar-refractivity contribution < 1.29 is 4.79 Å². The molecule has 0 radical (unpaired) electrons. The molecule has 1 heterocycles. The van der Waals surface area contributed by atoms with Crippen LogP contribution in [0.1, 0.15) is 17.4 Å². The van der Waals surface area contributed by atoms with Gasteiger partial charge in [0.15, 0.2) is 0 Å². The summed E-state index contributed by atoms with van der Waals surface area (Å²) in [7, 11) is 1.72. The number of nitrogens with zero attached hydrogens (tertiary/aromatic N) is 1. The van der Waals surface area contributed by atoms with Crippen molar-refractivity contribution in [2.45, 2.75) is 13.0 Å². The van der Waals surface area contributed by atoms with Crippen molar-refractivity contribution >= 4 is 17.5 Å². The van der Waals surface area contributed by atoms with Gasteiger partial charge < -0.3 is 15.6 Å². The van der Waals surface area contributed by atoms with E-state index in [1.807, 2.05) is 6.92 Å². The van der Waals surface area contributed by atoms with Crippen molar-refractivity contribution in [1.29, 1.82) is 0 Å². The largest absolute Gasteiger partial charge is 0.356 e. The van der Waals surface area contributed by atoms with Gasteiger partial charge in [-0.15, -0.1) is 0 Å². The Morgan fingerprint density at radius 2 is 2.43 bits per heavy atom. The van der Waals surface area contributed by atoms with Crippen molar-refractivity contribution in [2.24, 2.45) is 5.73 Å². The molecular formula is C9H14ClN3O. The summed E-state index contributed by atoms with van der Waals surface area (Å²) in [6.07, 6.45) is 1.58. The second-order valence-electron chi connectivity index (χ2n) is 3.23. The lowest BCUT2D eigenvalue weighted by Gasteiger charge is -2.22. The van der Waals surface area contributed by atoms with Crippen LogP contribution in [0.2, 0.25) is 5.02 Å². The van der Waals surface area contributed by atoms with Gasteiger partial charge in [0.2, 0.25) is 0 Å². The SMILES string of the molecule is CC(CN)N(C)C(=O)c1cc(Cl)c[nH]1. The minimum absolute atomic E-state index is 0.0181. The Kier molecular flexibility index (Phi) is 3.55. The van der Waals surface area contributed by atoms with Crippen molar-refractivity contribution in [3.63, 3.8) is 0 Å². The Bertz CT molecular complexity index is 324. The van der Waals surface area contributed by atoms with Gasteiger partial charge in [-0.1, -0.05) is 11.6 Å². The molecule has 0 aliphatic heterocycles. The zero-order chi connectivity index (χ0) is 10.7. The van der Waals surface area contributed by atoms with Crippen LogP contribution in [0.5, 0.6) is 0 Å². The zero-order valence-corrected chi connectivity index (χ0v) is 9.01. The van der Waals surface area contributed by atoms with Crippen LogP contribution in [0.15, 0.2) is 12.3 Å². The fourth-order valence-electron chi connectivity index (χ4n) is 1.04. The van der Waals surface area contributed by atoms with Gasteiger partial charge in [0.1, 0.15) is 5.69 Å². The molecule has 0 aliphatic carbocycles. The number of hydrogen-bond donors (Lipinski definition) is 2. The number of likely N-dealkylation sites (N-methyl/N-ethyl adjacent to an activating group) is 1. The highest BCUT2D eigenvalue weighted by molar-refractivity contribution is 6.30. The molecule has 0 spiro atoms. The maximum atomic E-state index is 11.7. The molecule has 1 aromatic heterocycles. The van der Waals surface area contributed by atoms with E-state index in [2.05, 4.69) is 4.98 Å². The van der Waals surface area contributed by atoms with Crippen molar-refractivity contribution in [2.75, 3.05) is 13.6 Å². The molecule has 0 aliphatic rings. The van der Waals surface area contributed by atoms with Crippen molar-refractivity contribution in [3.8, 4) is 0 Å². The van der Waals surface area contributed by atoms with E-state index in [0.717, 1.165) is 0 Å². The van der Waals surface area contributed by atoms with Gasteiger partial charge >= 0.3 is 0 Å². The van der Waals surface area contributed by atoms with E-state index in [-0.39, 0.29) is 11.9 Å². The van der Waals surface area contributed by atoms with E-state index in [9.17, 15) is 4.79 Å². The van der Waals surface area contributed by atoms with Crippen LogP contribution in [0.25, 0.3) is 0 Å². The van der Waals surface area contributed by atoms with Crippen LogP contribution in [0, 0.1) is 0 Å². The maximum Gasteiger partial charge on any atom is 0.270 e. The molecule has 4 nitrogen and oxygen atoms in total. The number of aromatic amines is 1. The highest BCUT2D eigenvalue weighted by atomic mass is 35.5. The first-order valence-corrected chi connectivity index (χ1v) is 4.75. The summed E-state index contributed by atoms with van der Waals surface area (Å²) in [5.74, 6) is -0.102. The summed E-state index contributed by atoms with van der Waals surface area (Å²) in [5.41, 5.74) is 5.95. The van der Waals surface area contributed by atoms with E-state index in [1.54, 1.807) is 24.2 Å². The van der Waals surface area contributed by atoms with Crippen LogP contribution < -0.4 is 5.73 Å². The molecule has 1 rings (SSSR count). The average molecular weight is 216 g/mol. The molecule has 3 N–H and O–H groups in total. The van der Waals surface area contributed by atoms with Crippen molar-refractivity contribution in [1.82, 2.24) is 9.88 Å². The van der Waals surface area contributed by atoms with Crippen LogP contribution in [0.3, 0.4) is 0 Å². The van der Waals surface area contributed by atoms with Crippen LogP contribution in [0.4, 0.5) is 0 Å². The topological polar surface area (TPSA) is 62.1 Å². The Hall–Kier alpha value is -1.00. The molecule has 1 aromatic rings. The molecule has 1 unspecified atom stereocenters. The normalized spacial score (nSPS) is 12.6. The summed E-state index contributed by atoms with van der Waals surface area (Å²) in [6.45, 7) is 2.33. The third-order valence-electron chi connectivity index (χ3n) is 2.20. The number of aromatic nitrogens is 1. The van der Waals surface area contributed by atoms with Gasteiger partial charge in [-0.25, -0.2) is 0 Å². The number of carbonyl (C=O) groups is 1. The number of nitrogens with one attached hydrogen (secondary N) is 1. The quantitative estimate of drug-likeness (QED) is 0.793. The summed E-state index contributed by atoms with van der Waals surface area (Å²) in [5, 5.41) is 0.530. The third kappa shape index (κ3) is 2.27. The summed E-state index contributed by atoms with van der Waals surface area (Å²) < 4.78 is 0. The first-order chi connectivity index (χ1) is 6.56. The van der Waals surface area contributed by atoms with E-state index in [4.69, 9.17) is 17.3 Å².